The van der Waals surface area contributed by atoms with Crippen molar-refractivity contribution in [3.05, 3.63) is 35.9 Å². The van der Waals surface area contributed by atoms with E-state index in [0.29, 0.717) is 5.06 Å². The van der Waals surface area contributed by atoms with Crippen LogP contribution in [0.5, 0.6) is 0 Å². The van der Waals surface area contributed by atoms with E-state index in [1.165, 1.54) is 6.92 Å². The molecule has 0 unspecified atom stereocenters. The minimum Gasteiger partial charge on any atom is -0.480 e. The fourth-order valence-electron chi connectivity index (χ4n) is 2.43. The largest absolute Gasteiger partial charge is 0.480 e. The van der Waals surface area contributed by atoms with E-state index in [0.717, 1.165) is 5.56 Å². The minimum atomic E-state index is -1.42. The molecule has 1 fully saturated rings. The summed E-state index contributed by atoms with van der Waals surface area (Å²) in [7, 11) is 0. The first-order valence-electron chi connectivity index (χ1n) is 7.58. The lowest BCUT2D eigenvalue weighted by Crippen LogP contribution is -2.50. The summed E-state index contributed by atoms with van der Waals surface area (Å²) in [5.41, 5.74) is 0.756. The molecule has 9 heteroatoms. The van der Waals surface area contributed by atoms with Gasteiger partial charge in [0, 0.05) is 6.42 Å². The van der Waals surface area contributed by atoms with Crippen molar-refractivity contribution < 1.29 is 34.2 Å². The van der Waals surface area contributed by atoms with Gasteiger partial charge in [0.1, 0.15) is 6.04 Å². The molecule has 0 bridgehead atoms. The maximum atomic E-state index is 12.3. The molecule has 134 valence electrons. The lowest BCUT2D eigenvalue weighted by Gasteiger charge is -2.23. The van der Waals surface area contributed by atoms with Gasteiger partial charge < -0.3 is 15.5 Å². The van der Waals surface area contributed by atoms with Crippen LogP contribution in [0.4, 0.5) is 0 Å². The van der Waals surface area contributed by atoms with Gasteiger partial charge in [0.2, 0.25) is 5.91 Å². The Labute approximate surface area is 143 Å². The van der Waals surface area contributed by atoms with Gasteiger partial charge in [-0.05, 0) is 12.5 Å². The number of nitrogens with one attached hydrogen (secondary N) is 1. The number of hydroxylamine groups is 2. The van der Waals surface area contributed by atoms with E-state index < -0.39 is 41.9 Å². The normalized spacial score (nSPS) is 20.8. The third kappa shape index (κ3) is 4.54. The van der Waals surface area contributed by atoms with E-state index >= 15 is 0 Å². The van der Waals surface area contributed by atoms with Gasteiger partial charge in [0.25, 0.3) is 5.91 Å². The van der Waals surface area contributed by atoms with E-state index in [4.69, 9.17) is 15.1 Å². The number of nitrogens with zero attached hydrogens (tertiary/aromatic N) is 1. The van der Waals surface area contributed by atoms with E-state index in [1.54, 1.807) is 24.3 Å². The number of hydrogen-bond donors (Lipinski definition) is 3. The van der Waals surface area contributed by atoms with Gasteiger partial charge in [-0.2, -0.15) is 0 Å². The fraction of sp³-hybridized carbons (Fsp3) is 0.375. The van der Waals surface area contributed by atoms with Crippen LogP contribution in [0, 0.1) is 0 Å². The first kappa shape index (κ1) is 18.4. The number of rotatable bonds is 6. The number of hydrogen-bond acceptors (Lipinski definition) is 5. The molecule has 1 aliphatic rings. The quantitative estimate of drug-likeness (QED) is 0.647. The molecule has 1 aromatic rings. The summed E-state index contributed by atoms with van der Waals surface area (Å²) < 4.78 is 0. The number of carboxylic acids is 2. The van der Waals surface area contributed by atoms with Crippen molar-refractivity contribution >= 4 is 23.8 Å². The smallest absolute Gasteiger partial charge is 0.335 e. The Kier molecular flexibility index (Phi) is 5.71. The van der Waals surface area contributed by atoms with Gasteiger partial charge >= 0.3 is 11.9 Å². The monoisotopic (exact) mass is 350 g/mol. The molecule has 0 spiro atoms. The lowest BCUT2D eigenvalue weighted by atomic mass is 10.1. The Morgan fingerprint density at radius 3 is 2.40 bits per heavy atom. The fourth-order valence-corrected chi connectivity index (χ4v) is 2.43. The van der Waals surface area contributed by atoms with Crippen molar-refractivity contribution in [2.75, 3.05) is 0 Å². The Morgan fingerprint density at radius 2 is 1.84 bits per heavy atom. The summed E-state index contributed by atoms with van der Waals surface area (Å²) in [6, 6.07) is 6.40. The molecule has 1 aliphatic heterocycles. The molecule has 2 rings (SSSR count). The second kappa shape index (κ2) is 7.75. The van der Waals surface area contributed by atoms with Crippen LogP contribution in [0.3, 0.4) is 0 Å². The average molecular weight is 350 g/mol. The third-order valence-corrected chi connectivity index (χ3v) is 3.69. The maximum Gasteiger partial charge on any atom is 0.335 e. The molecule has 0 radical (unpaired) electrons. The molecule has 25 heavy (non-hydrogen) atoms. The summed E-state index contributed by atoms with van der Waals surface area (Å²) >= 11 is 0. The highest BCUT2D eigenvalue weighted by atomic mass is 16.7. The van der Waals surface area contributed by atoms with Gasteiger partial charge in [0.15, 0.2) is 12.1 Å². The van der Waals surface area contributed by atoms with Gasteiger partial charge in [-0.25, -0.2) is 14.7 Å². The summed E-state index contributed by atoms with van der Waals surface area (Å²) in [6.07, 6.45) is -1.72. The lowest BCUT2D eigenvalue weighted by molar-refractivity contribution is -0.200. The van der Waals surface area contributed by atoms with Crippen LogP contribution in [0.2, 0.25) is 0 Å². The molecule has 3 N–H and O–H groups in total. The molecular weight excluding hydrogens is 332 g/mol. The number of benzene rings is 1. The number of carbonyl (C=O) groups excluding carboxylic acids is 2. The molecule has 3 atom stereocenters. The van der Waals surface area contributed by atoms with Crippen molar-refractivity contribution in [3.63, 3.8) is 0 Å². The highest BCUT2D eigenvalue weighted by Crippen LogP contribution is 2.22. The summed E-state index contributed by atoms with van der Waals surface area (Å²) in [5, 5.41) is 21.1. The molecule has 0 aromatic heterocycles. The van der Waals surface area contributed by atoms with Crippen LogP contribution in [-0.2, 0) is 30.4 Å². The standard InChI is InChI=1S/C16H18N2O7/c1-9(17-13(19)7-10-5-3-2-4-6-10)14(20)18-11(15(21)22)8-12(25-18)16(23)24/h2-6,9,11-12H,7-8H2,1H3,(H,17,19)(H,21,22)(H,23,24)/t9-,11-,12+/m0/s1. The molecule has 1 heterocycles. The SMILES string of the molecule is C[C@H](NC(=O)Cc1ccccc1)C(=O)N1O[C@@H](C(=O)O)C[C@H]1C(=O)O. The van der Waals surface area contributed by atoms with E-state index in [1.807, 2.05) is 6.07 Å². The number of aliphatic carboxylic acids is 2. The van der Waals surface area contributed by atoms with E-state index in [9.17, 15) is 19.2 Å². The second-order valence-electron chi connectivity index (χ2n) is 5.64. The Hall–Kier alpha value is -2.94. The van der Waals surface area contributed by atoms with Crippen LogP contribution in [-0.4, -0.2) is 57.2 Å². The van der Waals surface area contributed by atoms with Gasteiger partial charge in [-0.1, -0.05) is 30.3 Å². The molecule has 2 amide bonds. The van der Waals surface area contributed by atoms with Crippen molar-refractivity contribution in [3.8, 4) is 0 Å². The summed E-state index contributed by atoms with van der Waals surface area (Å²) in [6.45, 7) is 1.38. The number of carboxylic acid groups (broad SMARTS) is 2. The van der Waals surface area contributed by atoms with E-state index in [2.05, 4.69) is 5.32 Å². The van der Waals surface area contributed by atoms with Crippen molar-refractivity contribution in [2.45, 2.75) is 38.0 Å². The van der Waals surface area contributed by atoms with Gasteiger partial charge in [0.05, 0.1) is 6.42 Å². The van der Waals surface area contributed by atoms with Crippen LogP contribution in [0.25, 0.3) is 0 Å². The molecule has 1 aromatic carbocycles. The molecule has 0 aliphatic carbocycles. The molecular formula is C16H18N2O7. The molecule has 9 nitrogen and oxygen atoms in total. The van der Waals surface area contributed by atoms with Crippen LogP contribution >= 0.6 is 0 Å². The van der Waals surface area contributed by atoms with Crippen molar-refractivity contribution in [1.29, 1.82) is 0 Å². The third-order valence-electron chi connectivity index (χ3n) is 3.69. The Morgan fingerprint density at radius 1 is 1.20 bits per heavy atom. The topological polar surface area (TPSA) is 133 Å². The van der Waals surface area contributed by atoms with Gasteiger partial charge in [-0.15, -0.1) is 0 Å². The van der Waals surface area contributed by atoms with Crippen molar-refractivity contribution in [2.24, 2.45) is 0 Å². The predicted molar refractivity (Wildman–Crippen MR) is 83.1 cm³/mol. The highest BCUT2D eigenvalue weighted by molar-refractivity contribution is 5.91. The van der Waals surface area contributed by atoms with Crippen LogP contribution in [0.15, 0.2) is 30.3 Å². The maximum absolute atomic E-state index is 12.3. The zero-order valence-electron chi connectivity index (χ0n) is 13.4. The zero-order chi connectivity index (χ0) is 18.6. The predicted octanol–water partition coefficient (Wildman–Crippen LogP) is -0.196. The Balaban J connectivity index is 1.99. The minimum absolute atomic E-state index is 0.0550. The van der Waals surface area contributed by atoms with Gasteiger partial charge in [-0.3, -0.25) is 14.4 Å². The average Bonchev–Trinajstić information content (AvgIpc) is 3.00. The zero-order valence-corrected chi connectivity index (χ0v) is 13.4. The number of carbonyl (C=O) groups is 4. The summed E-state index contributed by atoms with van der Waals surface area (Å²) in [4.78, 5) is 51.5. The first-order chi connectivity index (χ1) is 11.8. The Bertz CT molecular complexity index is 676. The number of amides is 2. The first-order valence-corrected chi connectivity index (χ1v) is 7.58. The van der Waals surface area contributed by atoms with Crippen molar-refractivity contribution in [1.82, 2.24) is 10.4 Å². The highest BCUT2D eigenvalue weighted by Gasteiger charge is 2.45. The summed E-state index contributed by atoms with van der Waals surface area (Å²) in [5.74, 6) is -3.98. The second-order valence-corrected chi connectivity index (χ2v) is 5.64. The van der Waals surface area contributed by atoms with Crippen LogP contribution in [0.1, 0.15) is 18.9 Å². The van der Waals surface area contributed by atoms with Crippen LogP contribution < -0.4 is 5.32 Å². The molecule has 1 saturated heterocycles. The molecule has 0 saturated carbocycles. The van der Waals surface area contributed by atoms with E-state index in [-0.39, 0.29) is 12.8 Å².